The molecular weight excluding hydrogens is 1420 g/mol. The highest BCUT2D eigenvalue weighted by atomic mass is 15.2. The summed E-state index contributed by atoms with van der Waals surface area (Å²) in [5.74, 6) is 0. The minimum absolute atomic E-state index is 0.213. The van der Waals surface area contributed by atoms with E-state index in [0.717, 1.165) is 167 Å². The van der Waals surface area contributed by atoms with E-state index in [1.807, 2.05) is 132 Å². The van der Waals surface area contributed by atoms with E-state index in [9.17, 15) is 11.0 Å². The lowest BCUT2D eigenvalue weighted by Gasteiger charge is -2.46. The van der Waals surface area contributed by atoms with Gasteiger partial charge in [-0.3, -0.25) is 0 Å². The molecular formula is C113H121BN4. The summed E-state index contributed by atoms with van der Waals surface area (Å²) >= 11 is 0. The molecule has 0 spiro atoms. The lowest BCUT2D eigenvalue weighted by Crippen LogP contribution is -2.61. The zero-order valence-corrected chi connectivity index (χ0v) is 73.4. The standard InChI is InChI=1S/C113H121BN4/c1-107(2,3)66-73-34-30-38-80(54-73)90-58-77(70-111(13,14)15)59-91(81-39-31-35-74(55-81)67-108(4,5)6)105(90)117-100-64-84(115-96-46-26-22-42-86(96)87-43-23-27-47-97(87)115)50-52-94(100)114-95-53-51-85(116-98-48-28-24-44-88(98)89-45-25-29-49-99(89)116)65-101(95)118(103-63-79(72-113(19,20)21)62-102(117)104(103)114)106-92(82-40-32-36-75(56-82)68-109(7,8)9)60-78(71-112(16,17)18)61-93(106)83-41-33-37-76(57-83)69-110(10,11)12/h22-65H,66-72H2,1-21H3/i66D2,67D2,68D2,69D2. The van der Waals surface area contributed by atoms with Gasteiger partial charge in [0.25, 0.3) is 6.71 Å². The minimum atomic E-state index is -1.79. The van der Waals surface area contributed by atoms with Crippen molar-refractivity contribution in [2.24, 2.45) is 37.9 Å². The molecule has 0 fully saturated rings. The van der Waals surface area contributed by atoms with Gasteiger partial charge in [-0.1, -0.05) is 327 Å². The zero-order chi connectivity index (χ0) is 90.3. The Morgan fingerprint density at radius 2 is 0.508 bits per heavy atom. The zero-order valence-electron chi connectivity index (χ0n) is 81.4. The number of para-hydroxylation sites is 4. The largest absolute Gasteiger partial charge is 0.310 e. The van der Waals surface area contributed by atoms with Crippen LogP contribution in [0.4, 0.5) is 34.1 Å². The average Bonchev–Trinajstić information content (AvgIpc) is 0.748. The molecule has 0 amide bonds. The Morgan fingerprint density at radius 3 is 0.771 bits per heavy atom. The molecule has 0 unspecified atom stereocenters. The molecule has 17 rings (SSSR count). The number of rotatable bonds is 15. The molecule has 0 saturated carbocycles. The Bertz CT molecular complexity index is 6160. The van der Waals surface area contributed by atoms with Gasteiger partial charge < -0.3 is 18.9 Å². The minimum Gasteiger partial charge on any atom is -0.310 e. The summed E-state index contributed by atoms with van der Waals surface area (Å²) in [6.07, 6.45) is -5.15. The summed E-state index contributed by atoms with van der Waals surface area (Å²) < 4.78 is 85.9. The van der Waals surface area contributed by atoms with Crippen molar-refractivity contribution in [2.75, 3.05) is 9.80 Å². The Hall–Kier alpha value is -10.9. The highest BCUT2D eigenvalue weighted by molar-refractivity contribution is 7.00. The molecule has 0 N–H and O–H groups in total. The molecule has 0 atom stereocenters. The van der Waals surface area contributed by atoms with Crippen molar-refractivity contribution >= 4 is 101 Å². The Balaban J connectivity index is 1.11. The van der Waals surface area contributed by atoms with Gasteiger partial charge in [-0.05, 0) is 245 Å². The van der Waals surface area contributed by atoms with Gasteiger partial charge in [0.05, 0.1) is 33.4 Å². The van der Waals surface area contributed by atoms with Gasteiger partial charge in [0.15, 0.2) is 0 Å². The van der Waals surface area contributed by atoms with Crippen LogP contribution in [0, 0.1) is 37.9 Å². The summed E-state index contributed by atoms with van der Waals surface area (Å²) in [6, 6.07) is 96.6. The average molecular weight is 1550 g/mol. The third kappa shape index (κ3) is 16.1. The van der Waals surface area contributed by atoms with Crippen molar-refractivity contribution < 1.29 is 11.0 Å². The highest BCUT2D eigenvalue weighted by Crippen LogP contribution is 2.56. The Morgan fingerprint density at radius 1 is 0.246 bits per heavy atom. The van der Waals surface area contributed by atoms with Crippen LogP contribution in [0.5, 0.6) is 0 Å². The maximum Gasteiger partial charge on any atom is 0.252 e. The Kier molecular flexibility index (Phi) is 17.6. The second kappa shape index (κ2) is 29.6. The smallest absolute Gasteiger partial charge is 0.252 e. The summed E-state index contributed by atoms with van der Waals surface area (Å²) in [7, 11) is 0. The van der Waals surface area contributed by atoms with E-state index in [1.54, 1.807) is 0 Å². The number of aromatic nitrogens is 2. The number of nitrogens with zero attached hydrogens (tertiary/aromatic N) is 4. The maximum absolute atomic E-state index is 10.1. The molecule has 118 heavy (non-hydrogen) atoms. The predicted octanol–water partition coefficient (Wildman–Crippen LogP) is 29.8. The van der Waals surface area contributed by atoms with Crippen molar-refractivity contribution in [2.45, 2.75) is 190 Å². The van der Waals surface area contributed by atoms with Crippen LogP contribution < -0.4 is 26.2 Å². The van der Waals surface area contributed by atoms with Crippen molar-refractivity contribution in [1.82, 2.24) is 9.13 Å². The normalized spacial score (nSPS) is 15.0. The van der Waals surface area contributed by atoms with E-state index in [0.29, 0.717) is 41.5 Å². The molecule has 5 heteroatoms. The van der Waals surface area contributed by atoms with Crippen molar-refractivity contribution in [3.05, 3.63) is 306 Å². The number of fused-ring (bicyclic) bond motifs is 10. The quantitative estimate of drug-likeness (QED) is 0.0951. The molecule has 596 valence electrons. The molecule has 2 aromatic heterocycles. The first kappa shape index (κ1) is 70.2. The van der Waals surface area contributed by atoms with E-state index in [-0.39, 0.29) is 16.2 Å². The van der Waals surface area contributed by atoms with Crippen LogP contribution in [0.3, 0.4) is 0 Å². The highest BCUT2D eigenvalue weighted by Gasteiger charge is 2.47. The molecule has 13 aromatic carbocycles. The van der Waals surface area contributed by atoms with Gasteiger partial charge in [-0.15, -0.1) is 0 Å². The van der Waals surface area contributed by atoms with Crippen LogP contribution in [-0.4, -0.2) is 15.8 Å². The summed E-state index contributed by atoms with van der Waals surface area (Å²) in [5.41, 5.74) is 23.2. The van der Waals surface area contributed by atoms with Gasteiger partial charge in [0.2, 0.25) is 0 Å². The van der Waals surface area contributed by atoms with Gasteiger partial charge in [-0.25, -0.2) is 0 Å². The van der Waals surface area contributed by atoms with Crippen LogP contribution >= 0.6 is 0 Å². The lowest BCUT2D eigenvalue weighted by atomic mass is 9.33. The van der Waals surface area contributed by atoms with Crippen LogP contribution in [0.15, 0.2) is 267 Å². The molecule has 4 heterocycles. The molecule has 4 nitrogen and oxygen atoms in total. The van der Waals surface area contributed by atoms with Crippen LogP contribution in [0.1, 0.15) is 195 Å². The summed E-state index contributed by atoms with van der Waals surface area (Å²) in [4.78, 5) is 5.16. The number of hydrogen-bond acceptors (Lipinski definition) is 2. The fourth-order valence-electron chi connectivity index (χ4n) is 18.9. The third-order valence-corrected chi connectivity index (χ3v) is 22.5. The van der Waals surface area contributed by atoms with Crippen LogP contribution in [0.2, 0.25) is 0 Å². The van der Waals surface area contributed by atoms with Gasteiger partial charge in [-0.2, -0.15) is 0 Å². The second-order valence-corrected chi connectivity index (χ2v) is 41.5. The van der Waals surface area contributed by atoms with Gasteiger partial charge in [0.1, 0.15) is 0 Å². The molecule has 0 saturated heterocycles. The van der Waals surface area contributed by atoms with Crippen molar-refractivity contribution in [3.8, 4) is 55.9 Å². The first-order chi connectivity index (χ1) is 58.9. The van der Waals surface area contributed by atoms with E-state index in [4.69, 9.17) is 0 Å². The topological polar surface area (TPSA) is 16.3 Å². The van der Waals surface area contributed by atoms with Crippen LogP contribution in [-0.2, 0) is 44.8 Å². The molecule has 2 aliphatic heterocycles. The monoisotopic (exact) mass is 1550 g/mol. The van der Waals surface area contributed by atoms with Crippen molar-refractivity contribution in [3.63, 3.8) is 0 Å². The number of anilines is 6. The molecule has 0 radical (unpaired) electrons. The van der Waals surface area contributed by atoms with E-state index >= 15 is 0 Å². The first-order valence-electron chi connectivity index (χ1n) is 46.7. The summed E-state index contributed by atoms with van der Waals surface area (Å²) in [6.45, 7) is 43.9. The van der Waals surface area contributed by atoms with Gasteiger partial charge in [0, 0.05) is 88.9 Å². The molecule has 0 bridgehead atoms. The number of hydrogen-bond donors (Lipinski definition) is 0. The lowest BCUT2D eigenvalue weighted by molar-refractivity contribution is 0.410. The fraction of sp³-hybridized carbons (Fsp3) is 0.310. The third-order valence-electron chi connectivity index (χ3n) is 22.5. The van der Waals surface area contributed by atoms with E-state index in [2.05, 4.69) is 300 Å². The fourth-order valence-corrected chi connectivity index (χ4v) is 18.9. The molecule has 15 aromatic rings. The van der Waals surface area contributed by atoms with Crippen molar-refractivity contribution in [1.29, 1.82) is 0 Å². The van der Waals surface area contributed by atoms with E-state index in [1.165, 1.54) is 0 Å². The second-order valence-electron chi connectivity index (χ2n) is 41.5. The SMILES string of the molecule is [2H]C([2H])(c1cccc(-c2cc(CC(C)(C)C)cc(-c3cccc(C([2H])([2H])C(C)(C)C)c3)c2N2c3cc(-n4c5ccccc5c5ccccc54)ccc3B3c4ccc(-n5c6ccccc6c6ccccc65)cc4N(c4c(-c5cccc(C([2H])([2H])C(C)(C)C)c5)cc(CC(C)(C)C)cc4-c4cccc(C([2H])([2H])C(C)(C)C)c4)c4cc(CC(C)(C)C)cc2c43)c1)C(C)(C)C. The molecule has 0 aliphatic carbocycles. The predicted molar refractivity (Wildman–Crippen MR) is 513 cm³/mol. The first-order valence-corrected chi connectivity index (χ1v) is 42.7. The molecule has 2 aliphatic rings. The van der Waals surface area contributed by atoms with Crippen LogP contribution in [0.25, 0.3) is 99.5 Å². The van der Waals surface area contributed by atoms with E-state index < -0.39 is 53.9 Å². The summed E-state index contributed by atoms with van der Waals surface area (Å²) in [5, 5.41) is 4.55. The van der Waals surface area contributed by atoms with Gasteiger partial charge >= 0.3 is 0 Å². The number of benzene rings is 13. The maximum atomic E-state index is 10.1. The Labute approximate surface area is 716 Å².